The fourth-order valence-electron chi connectivity index (χ4n) is 1.94. The minimum absolute atomic E-state index is 0.707. The average molecular weight is 232 g/mol. The maximum Gasteiger partial charge on any atom is 0.193 e. The summed E-state index contributed by atoms with van der Waals surface area (Å²) in [4.78, 5) is 0. The molecule has 0 saturated heterocycles. The molecule has 0 aliphatic heterocycles. The van der Waals surface area contributed by atoms with Gasteiger partial charge in [-0.1, -0.05) is 60.2 Å². The second kappa shape index (κ2) is 4.73. The highest BCUT2D eigenvalue weighted by atomic mass is 14.4. The fourth-order valence-corrected chi connectivity index (χ4v) is 1.94. The Hall–Kier alpha value is -2.58. The summed E-state index contributed by atoms with van der Waals surface area (Å²) in [5, 5.41) is 19.0. The van der Waals surface area contributed by atoms with E-state index in [2.05, 4.69) is 12.1 Å². The average Bonchev–Trinajstić information content (AvgIpc) is 2.44. The third kappa shape index (κ3) is 1.85. The van der Waals surface area contributed by atoms with Gasteiger partial charge in [0.05, 0.1) is 12.1 Å². The summed E-state index contributed by atoms with van der Waals surface area (Å²) in [5.74, 6) is 0. The van der Waals surface area contributed by atoms with E-state index in [1.54, 1.807) is 0 Å². The standard InChI is InChI=1S/C16H12N2/c1-13-7-9-15(10-8-13)16(11-17,12-18)14-5-3-2-4-6-14/h2-10H,1H3. The van der Waals surface area contributed by atoms with Gasteiger partial charge in [0.25, 0.3) is 0 Å². The number of nitrogens with zero attached hydrogens (tertiary/aromatic N) is 2. The molecule has 18 heavy (non-hydrogen) atoms. The van der Waals surface area contributed by atoms with Crippen molar-refractivity contribution >= 4 is 0 Å². The molecule has 0 bridgehead atoms. The van der Waals surface area contributed by atoms with E-state index in [1.807, 2.05) is 61.5 Å². The van der Waals surface area contributed by atoms with Crippen molar-refractivity contribution in [2.45, 2.75) is 12.3 Å². The first-order valence-corrected chi connectivity index (χ1v) is 5.68. The number of nitriles is 2. The Bertz CT molecular complexity index is 599. The Morgan fingerprint density at radius 3 is 1.78 bits per heavy atom. The van der Waals surface area contributed by atoms with E-state index >= 15 is 0 Å². The first-order chi connectivity index (χ1) is 8.73. The van der Waals surface area contributed by atoms with Crippen LogP contribution in [0.15, 0.2) is 54.6 Å². The highest BCUT2D eigenvalue weighted by molar-refractivity contribution is 5.52. The molecule has 0 aliphatic carbocycles. The molecular weight excluding hydrogens is 220 g/mol. The van der Waals surface area contributed by atoms with Crippen LogP contribution in [0.3, 0.4) is 0 Å². The molecule has 0 aromatic heterocycles. The molecule has 86 valence electrons. The van der Waals surface area contributed by atoms with Crippen LogP contribution >= 0.6 is 0 Å². The van der Waals surface area contributed by atoms with Gasteiger partial charge in [0, 0.05) is 0 Å². The number of hydrogen-bond acceptors (Lipinski definition) is 2. The molecular formula is C16H12N2. The van der Waals surface area contributed by atoms with Crippen molar-refractivity contribution in [2.75, 3.05) is 0 Å². The van der Waals surface area contributed by atoms with Gasteiger partial charge in [-0.25, -0.2) is 0 Å². The lowest BCUT2D eigenvalue weighted by Crippen LogP contribution is -2.23. The van der Waals surface area contributed by atoms with Gasteiger partial charge < -0.3 is 0 Å². The van der Waals surface area contributed by atoms with Gasteiger partial charge in [-0.2, -0.15) is 10.5 Å². The van der Waals surface area contributed by atoms with E-state index < -0.39 is 5.41 Å². The largest absolute Gasteiger partial charge is 0.196 e. The molecule has 2 aromatic carbocycles. The molecule has 0 heterocycles. The molecule has 0 radical (unpaired) electrons. The molecule has 0 unspecified atom stereocenters. The van der Waals surface area contributed by atoms with Crippen molar-refractivity contribution < 1.29 is 0 Å². The second-order valence-corrected chi connectivity index (χ2v) is 4.21. The van der Waals surface area contributed by atoms with Gasteiger partial charge in [0.15, 0.2) is 5.41 Å². The summed E-state index contributed by atoms with van der Waals surface area (Å²) in [6, 6.07) is 21.0. The second-order valence-electron chi connectivity index (χ2n) is 4.21. The summed E-state index contributed by atoms with van der Waals surface area (Å²) in [6.07, 6.45) is 0. The maximum atomic E-state index is 9.48. The predicted octanol–water partition coefficient (Wildman–Crippen LogP) is 3.33. The lowest BCUT2D eigenvalue weighted by Gasteiger charge is -2.19. The number of aryl methyl sites for hydroxylation is 1. The highest BCUT2D eigenvalue weighted by Gasteiger charge is 2.34. The molecule has 0 aliphatic rings. The van der Waals surface area contributed by atoms with Gasteiger partial charge in [0.1, 0.15) is 0 Å². The van der Waals surface area contributed by atoms with Crippen molar-refractivity contribution in [3.05, 3.63) is 71.3 Å². The van der Waals surface area contributed by atoms with E-state index in [9.17, 15) is 10.5 Å². The molecule has 0 N–H and O–H groups in total. The summed E-state index contributed by atoms with van der Waals surface area (Å²) < 4.78 is 0. The molecule has 2 nitrogen and oxygen atoms in total. The van der Waals surface area contributed by atoms with Crippen LogP contribution in [-0.2, 0) is 5.41 Å². The van der Waals surface area contributed by atoms with Crippen molar-refractivity contribution in [1.82, 2.24) is 0 Å². The van der Waals surface area contributed by atoms with E-state index in [0.29, 0.717) is 11.1 Å². The van der Waals surface area contributed by atoms with E-state index in [4.69, 9.17) is 0 Å². The summed E-state index contributed by atoms with van der Waals surface area (Å²) in [6.45, 7) is 1.98. The van der Waals surface area contributed by atoms with Crippen LogP contribution < -0.4 is 0 Å². The minimum Gasteiger partial charge on any atom is -0.196 e. The van der Waals surface area contributed by atoms with E-state index in [0.717, 1.165) is 5.56 Å². The number of benzene rings is 2. The van der Waals surface area contributed by atoms with Crippen LogP contribution in [0.5, 0.6) is 0 Å². The van der Waals surface area contributed by atoms with E-state index in [-0.39, 0.29) is 0 Å². The highest BCUT2D eigenvalue weighted by Crippen LogP contribution is 2.31. The molecule has 0 amide bonds. The molecule has 0 fully saturated rings. The summed E-state index contributed by atoms with van der Waals surface area (Å²) in [5.41, 5.74) is 1.30. The third-order valence-electron chi connectivity index (χ3n) is 3.03. The Kier molecular flexibility index (Phi) is 3.13. The summed E-state index contributed by atoms with van der Waals surface area (Å²) >= 11 is 0. The molecule has 2 rings (SSSR count). The fraction of sp³-hybridized carbons (Fsp3) is 0.125. The van der Waals surface area contributed by atoms with Crippen molar-refractivity contribution in [1.29, 1.82) is 10.5 Å². The number of rotatable bonds is 2. The smallest absolute Gasteiger partial charge is 0.193 e. The lowest BCUT2D eigenvalue weighted by molar-refractivity contribution is 0.848. The topological polar surface area (TPSA) is 47.6 Å². The SMILES string of the molecule is Cc1ccc(C(C#N)(C#N)c2ccccc2)cc1. The van der Waals surface area contributed by atoms with Gasteiger partial charge >= 0.3 is 0 Å². The normalized spacial score (nSPS) is 10.4. The number of hydrogen-bond donors (Lipinski definition) is 0. The zero-order valence-electron chi connectivity index (χ0n) is 10.1. The Morgan fingerprint density at radius 1 is 0.778 bits per heavy atom. The van der Waals surface area contributed by atoms with Crippen LogP contribution in [0, 0.1) is 29.6 Å². The van der Waals surface area contributed by atoms with Crippen molar-refractivity contribution in [2.24, 2.45) is 0 Å². The monoisotopic (exact) mass is 232 g/mol. The zero-order valence-corrected chi connectivity index (χ0v) is 10.1. The van der Waals surface area contributed by atoms with Gasteiger partial charge in [-0.15, -0.1) is 0 Å². The third-order valence-corrected chi connectivity index (χ3v) is 3.03. The van der Waals surface area contributed by atoms with Gasteiger partial charge in [0.2, 0.25) is 0 Å². The van der Waals surface area contributed by atoms with Gasteiger partial charge in [-0.05, 0) is 18.1 Å². The molecule has 0 spiro atoms. The first kappa shape index (κ1) is 11.9. The summed E-state index contributed by atoms with van der Waals surface area (Å²) in [7, 11) is 0. The van der Waals surface area contributed by atoms with E-state index in [1.165, 1.54) is 0 Å². The van der Waals surface area contributed by atoms with Crippen LogP contribution in [0.1, 0.15) is 16.7 Å². The predicted molar refractivity (Wildman–Crippen MR) is 69.6 cm³/mol. The minimum atomic E-state index is -1.23. The Labute approximate surface area is 107 Å². The van der Waals surface area contributed by atoms with Crippen LogP contribution in [0.2, 0.25) is 0 Å². The Balaban J connectivity index is 2.63. The molecule has 0 atom stereocenters. The first-order valence-electron chi connectivity index (χ1n) is 5.68. The van der Waals surface area contributed by atoms with Crippen molar-refractivity contribution in [3.8, 4) is 12.1 Å². The van der Waals surface area contributed by atoms with Crippen LogP contribution in [0.4, 0.5) is 0 Å². The van der Waals surface area contributed by atoms with Gasteiger partial charge in [-0.3, -0.25) is 0 Å². The zero-order chi connectivity index (χ0) is 13.0. The van der Waals surface area contributed by atoms with Crippen LogP contribution in [-0.4, -0.2) is 0 Å². The maximum absolute atomic E-state index is 9.48. The Morgan fingerprint density at radius 2 is 1.28 bits per heavy atom. The molecule has 2 aromatic rings. The van der Waals surface area contributed by atoms with Crippen molar-refractivity contribution in [3.63, 3.8) is 0 Å². The quantitative estimate of drug-likeness (QED) is 0.797. The van der Waals surface area contributed by atoms with Crippen LogP contribution in [0.25, 0.3) is 0 Å². The molecule has 0 saturated carbocycles. The molecule has 2 heteroatoms. The lowest BCUT2D eigenvalue weighted by atomic mass is 9.77.